The van der Waals surface area contributed by atoms with Crippen LogP contribution in [0.3, 0.4) is 0 Å². The summed E-state index contributed by atoms with van der Waals surface area (Å²) in [6.45, 7) is 6.39. The molecule has 0 bridgehead atoms. The van der Waals surface area contributed by atoms with Crippen molar-refractivity contribution in [3.8, 4) is 0 Å². The number of nitrogens with zero attached hydrogens (tertiary/aromatic N) is 2. The van der Waals surface area contributed by atoms with Crippen molar-refractivity contribution in [2.45, 2.75) is 37.1 Å². The first-order valence-electron chi connectivity index (χ1n) is 12.1. The lowest BCUT2D eigenvalue weighted by molar-refractivity contribution is 0.0424. The minimum atomic E-state index is -3.78. The van der Waals surface area contributed by atoms with Crippen molar-refractivity contribution in [2.75, 3.05) is 42.8 Å². The SMILES string of the molecule is C[C@@H]1CN(CC2CCC2)CCN1C(=O)c1ccc(NS(=O)(=O)c2cccc3c2NCC=C3)cc1. The van der Waals surface area contributed by atoms with Gasteiger partial charge in [0.05, 0.1) is 5.69 Å². The van der Waals surface area contributed by atoms with E-state index in [0.717, 1.165) is 37.7 Å². The summed E-state index contributed by atoms with van der Waals surface area (Å²) in [6.07, 6.45) is 7.90. The van der Waals surface area contributed by atoms with Crippen molar-refractivity contribution in [1.82, 2.24) is 9.80 Å². The van der Waals surface area contributed by atoms with E-state index in [0.29, 0.717) is 23.5 Å². The Kier molecular flexibility index (Phi) is 6.36. The molecule has 3 aliphatic rings. The van der Waals surface area contributed by atoms with Gasteiger partial charge in [0.25, 0.3) is 15.9 Å². The van der Waals surface area contributed by atoms with Gasteiger partial charge in [-0.15, -0.1) is 0 Å². The summed E-state index contributed by atoms with van der Waals surface area (Å²) in [5, 5.41) is 3.15. The number of hydrogen-bond acceptors (Lipinski definition) is 5. The number of para-hydroxylation sites is 1. The van der Waals surface area contributed by atoms with Gasteiger partial charge in [-0.2, -0.15) is 0 Å². The van der Waals surface area contributed by atoms with Crippen LogP contribution in [-0.2, 0) is 10.0 Å². The van der Waals surface area contributed by atoms with Crippen molar-refractivity contribution in [2.24, 2.45) is 5.92 Å². The molecule has 1 saturated heterocycles. The molecule has 0 radical (unpaired) electrons. The monoisotopic (exact) mass is 480 g/mol. The van der Waals surface area contributed by atoms with Crippen LogP contribution in [0.5, 0.6) is 0 Å². The van der Waals surface area contributed by atoms with E-state index in [9.17, 15) is 13.2 Å². The number of amides is 1. The number of benzene rings is 2. The molecule has 1 aliphatic carbocycles. The summed E-state index contributed by atoms with van der Waals surface area (Å²) in [6, 6.07) is 12.1. The van der Waals surface area contributed by atoms with Gasteiger partial charge < -0.3 is 10.2 Å². The van der Waals surface area contributed by atoms with E-state index in [1.54, 1.807) is 36.4 Å². The molecule has 8 heteroatoms. The van der Waals surface area contributed by atoms with Crippen LogP contribution in [0.25, 0.3) is 6.08 Å². The third kappa shape index (κ3) is 4.70. The van der Waals surface area contributed by atoms with Crippen LogP contribution < -0.4 is 10.0 Å². The maximum absolute atomic E-state index is 13.1. The summed E-state index contributed by atoms with van der Waals surface area (Å²) in [5.41, 5.74) is 2.46. The molecular weight excluding hydrogens is 448 g/mol. The van der Waals surface area contributed by atoms with Crippen LogP contribution in [0.4, 0.5) is 11.4 Å². The number of rotatable bonds is 6. The number of piperazine rings is 1. The van der Waals surface area contributed by atoms with Crippen molar-refractivity contribution in [3.05, 3.63) is 59.7 Å². The third-order valence-electron chi connectivity index (χ3n) is 7.14. The fourth-order valence-corrected chi connectivity index (χ4v) is 6.32. The highest BCUT2D eigenvalue weighted by Crippen LogP contribution is 2.31. The van der Waals surface area contributed by atoms with E-state index >= 15 is 0 Å². The number of anilines is 2. The zero-order chi connectivity index (χ0) is 23.7. The Morgan fingerprint density at radius 3 is 2.62 bits per heavy atom. The van der Waals surface area contributed by atoms with Crippen LogP contribution in [-0.4, -0.2) is 62.9 Å². The van der Waals surface area contributed by atoms with Crippen molar-refractivity contribution in [3.63, 3.8) is 0 Å². The number of fused-ring (bicyclic) bond motifs is 1. The Morgan fingerprint density at radius 1 is 1.12 bits per heavy atom. The maximum atomic E-state index is 13.1. The van der Waals surface area contributed by atoms with Crippen molar-refractivity contribution in [1.29, 1.82) is 0 Å². The molecule has 180 valence electrons. The minimum Gasteiger partial charge on any atom is -0.380 e. The molecule has 1 atom stereocenters. The lowest BCUT2D eigenvalue weighted by Crippen LogP contribution is -2.55. The van der Waals surface area contributed by atoms with Gasteiger partial charge in [-0.05, 0) is 61.6 Å². The summed E-state index contributed by atoms with van der Waals surface area (Å²) in [5.74, 6) is 0.831. The quantitative estimate of drug-likeness (QED) is 0.656. The first-order chi connectivity index (χ1) is 16.4. The van der Waals surface area contributed by atoms with Gasteiger partial charge in [0, 0.05) is 50.0 Å². The second kappa shape index (κ2) is 9.43. The highest BCUT2D eigenvalue weighted by molar-refractivity contribution is 7.92. The first kappa shape index (κ1) is 22.9. The molecule has 0 aromatic heterocycles. The van der Waals surface area contributed by atoms with Crippen LogP contribution in [0.1, 0.15) is 42.1 Å². The number of hydrogen-bond donors (Lipinski definition) is 2. The fourth-order valence-electron chi connectivity index (χ4n) is 5.04. The maximum Gasteiger partial charge on any atom is 0.263 e. The van der Waals surface area contributed by atoms with Gasteiger partial charge in [-0.3, -0.25) is 14.4 Å². The molecule has 34 heavy (non-hydrogen) atoms. The van der Waals surface area contributed by atoms with E-state index < -0.39 is 10.0 Å². The predicted octanol–water partition coefficient (Wildman–Crippen LogP) is 3.87. The topological polar surface area (TPSA) is 81.8 Å². The molecular formula is C26H32N4O3S. The second-order valence-corrected chi connectivity index (χ2v) is 11.2. The lowest BCUT2D eigenvalue weighted by atomic mass is 9.85. The third-order valence-corrected chi connectivity index (χ3v) is 8.56. The molecule has 2 aromatic carbocycles. The fraction of sp³-hybridized carbons (Fsp3) is 0.423. The normalized spacial score (nSPS) is 20.9. The Hall–Kier alpha value is -2.84. The number of sulfonamides is 1. The summed E-state index contributed by atoms with van der Waals surface area (Å²) < 4.78 is 28.8. The molecule has 1 saturated carbocycles. The van der Waals surface area contributed by atoms with Crippen LogP contribution in [0, 0.1) is 5.92 Å². The van der Waals surface area contributed by atoms with Gasteiger partial charge in [0.15, 0.2) is 0 Å². The summed E-state index contributed by atoms with van der Waals surface area (Å²) >= 11 is 0. The molecule has 1 amide bonds. The Labute approximate surface area is 201 Å². The van der Waals surface area contributed by atoms with E-state index in [4.69, 9.17) is 0 Å². The zero-order valence-corrected chi connectivity index (χ0v) is 20.4. The Balaban J connectivity index is 1.24. The molecule has 2 aliphatic heterocycles. The highest BCUT2D eigenvalue weighted by atomic mass is 32.2. The lowest BCUT2D eigenvalue weighted by Gasteiger charge is -2.42. The molecule has 2 fully saturated rings. The van der Waals surface area contributed by atoms with Gasteiger partial charge in [0.2, 0.25) is 0 Å². The number of nitrogens with one attached hydrogen (secondary N) is 2. The summed E-state index contributed by atoms with van der Waals surface area (Å²) in [7, 11) is -3.78. The Bertz CT molecular complexity index is 1190. The van der Waals surface area contributed by atoms with Crippen molar-refractivity contribution < 1.29 is 13.2 Å². The molecule has 0 unspecified atom stereocenters. The molecule has 2 N–H and O–H groups in total. The molecule has 2 heterocycles. The highest BCUT2D eigenvalue weighted by Gasteiger charge is 2.30. The average Bonchev–Trinajstić information content (AvgIpc) is 2.81. The predicted molar refractivity (Wildman–Crippen MR) is 135 cm³/mol. The standard InChI is InChI=1S/C26H32N4O3S/c1-19-17-29(18-20-5-2-6-20)15-16-30(19)26(31)22-10-12-23(13-11-22)28-34(32,33)24-9-3-7-21-8-4-14-27-25(21)24/h3-4,7-13,19-20,27-28H,2,5-6,14-18H2,1H3/t19-/m1/s1. The van der Waals surface area contributed by atoms with Gasteiger partial charge in [-0.1, -0.05) is 30.7 Å². The molecule has 0 spiro atoms. The van der Waals surface area contributed by atoms with Gasteiger partial charge in [-0.25, -0.2) is 8.42 Å². The minimum absolute atomic E-state index is 0.00156. The molecule has 2 aromatic rings. The first-order valence-corrected chi connectivity index (χ1v) is 13.6. The van der Waals surface area contributed by atoms with Crippen LogP contribution >= 0.6 is 0 Å². The van der Waals surface area contributed by atoms with Crippen LogP contribution in [0.15, 0.2) is 53.4 Å². The Morgan fingerprint density at radius 2 is 1.91 bits per heavy atom. The van der Waals surface area contributed by atoms with E-state index in [1.807, 2.05) is 23.1 Å². The van der Waals surface area contributed by atoms with E-state index in [2.05, 4.69) is 21.9 Å². The molecule has 5 rings (SSSR count). The summed E-state index contributed by atoms with van der Waals surface area (Å²) in [4.78, 5) is 17.8. The number of carbonyl (C=O) groups excluding carboxylic acids is 1. The van der Waals surface area contributed by atoms with Crippen LogP contribution in [0.2, 0.25) is 0 Å². The van der Waals surface area contributed by atoms with E-state index in [1.165, 1.54) is 19.3 Å². The average molecular weight is 481 g/mol. The second-order valence-electron chi connectivity index (χ2n) is 9.59. The zero-order valence-electron chi connectivity index (χ0n) is 19.5. The van der Waals surface area contributed by atoms with E-state index in [-0.39, 0.29) is 16.8 Å². The smallest absolute Gasteiger partial charge is 0.263 e. The van der Waals surface area contributed by atoms with Gasteiger partial charge in [0.1, 0.15) is 4.90 Å². The number of carbonyl (C=O) groups is 1. The van der Waals surface area contributed by atoms with Gasteiger partial charge >= 0.3 is 0 Å². The largest absolute Gasteiger partial charge is 0.380 e. The molecule has 7 nitrogen and oxygen atoms in total. The van der Waals surface area contributed by atoms with Crippen molar-refractivity contribution >= 4 is 33.4 Å².